The zero-order chi connectivity index (χ0) is 19.3. The normalized spacial score (nSPS) is 18.4. The lowest BCUT2D eigenvalue weighted by molar-refractivity contribution is -0.117. The smallest absolute Gasteiger partial charge is 0.410 e. The second kappa shape index (κ2) is 8.53. The summed E-state index contributed by atoms with van der Waals surface area (Å²) in [5.74, 6) is 0.564. The second-order valence-electron chi connectivity index (χ2n) is 7.98. The summed E-state index contributed by atoms with van der Waals surface area (Å²) < 4.78 is 10.4. The first-order valence-corrected chi connectivity index (χ1v) is 9.02. The number of ether oxygens (including phenoxy) is 1. The SMILES string of the molecule is Cc1cc(NC(=O)CN2CCCC(CN(C)C(=O)OC(C)(C)C)C2)on1. The molecule has 146 valence electrons. The summed E-state index contributed by atoms with van der Waals surface area (Å²) in [6.07, 6.45) is 1.72. The lowest BCUT2D eigenvalue weighted by Crippen LogP contribution is -2.45. The Labute approximate surface area is 154 Å². The highest BCUT2D eigenvalue weighted by Crippen LogP contribution is 2.19. The molecule has 1 fully saturated rings. The molecule has 1 aromatic rings. The third-order valence-electron chi connectivity index (χ3n) is 4.10. The van der Waals surface area contributed by atoms with Crippen molar-refractivity contribution in [2.75, 3.05) is 38.5 Å². The van der Waals surface area contributed by atoms with E-state index in [1.165, 1.54) is 0 Å². The number of piperidine rings is 1. The van der Waals surface area contributed by atoms with Crippen LogP contribution < -0.4 is 5.32 Å². The number of nitrogens with zero attached hydrogens (tertiary/aromatic N) is 3. The van der Waals surface area contributed by atoms with Crippen LogP contribution in [0.1, 0.15) is 39.3 Å². The van der Waals surface area contributed by atoms with Crippen LogP contribution in [-0.4, -0.2) is 65.8 Å². The largest absolute Gasteiger partial charge is 0.444 e. The topological polar surface area (TPSA) is 87.9 Å². The van der Waals surface area contributed by atoms with E-state index in [-0.39, 0.29) is 12.0 Å². The van der Waals surface area contributed by atoms with Crippen molar-refractivity contribution in [3.05, 3.63) is 11.8 Å². The first-order chi connectivity index (χ1) is 12.1. The van der Waals surface area contributed by atoms with E-state index in [0.717, 1.165) is 31.6 Å². The molecule has 1 N–H and O–H groups in total. The number of aromatic nitrogens is 1. The van der Waals surface area contributed by atoms with Crippen LogP contribution in [0.4, 0.5) is 10.7 Å². The molecule has 0 aliphatic carbocycles. The molecule has 0 radical (unpaired) electrons. The van der Waals surface area contributed by atoms with Crippen molar-refractivity contribution in [1.82, 2.24) is 15.0 Å². The Morgan fingerprint density at radius 3 is 2.81 bits per heavy atom. The van der Waals surface area contributed by atoms with Gasteiger partial charge in [-0.15, -0.1) is 0 Å². The predicted molar refractivity (Wildman–Crippen MR) is 97.9 cm³/mol. The van der Waals surface area contributed by atoms with Gasteiger partial charge in [-0.2, -0.15) is 0 Å². The van der Waals surface area contributed by atoms with Gasteiger partial charge >= 0.3 is 6.09 Å². The highest BCUT2D eigenvalue weighted by molar-refractivity contribution is 5.90. The van der Waals surface area contributed by atoms with E-state index in [1.54, 1.807) is 24.9 Å². The van der Waals surface area contributed by atoms with Gasteiger partial charge < -0.3 is 14.2 Å². The third-order valence-corrected chi connectivity index (χ3v) is 4.10. The minimum absolute atomic E-state index is 0.123. The first kappa shape index (κ1) is 20.2. The molecular weight excluding hydrogens is 336 g/mol. The standard InChI is InChI=1S/C18H30N4O4/c1-13-9-16(26-20-13)19-15(23)12-22-8-6-7-14(11-22)10-21(5)17(24)25-18(2,3)4/h9,14H,6-8,10-12H2,1-5H3,(H,19,23). The van der Waals surface area contributed by atoms with Gasteiger partial charge in [0.05, 0.1) is 12.2 Å². The molecule has 0 saturated carbocycles. The highest BCUT2D eigenvalue weighted by Gasteiger charge is 2.26. The Morgan fingerprint density at radius 1 is 1.46 bits per heavy atom. The van der Waals surface area contributed by atoms with Crippen molar-refractivity contribution < 1.29 is 18.8 Å². The number of nitrogens with one attached hydrogen (secondary N) is 1. The van der Waals surface area contributed by atoms with Crippen LogP contribution in [0.25, 0.3) is 0 Å². The number of carbonyl (C=O) groups excluding carboxylic acids is 2. The average Bonchev–Trinajstić information content (AvgIpc) is 2.90. The molecule has 1 aromatic heterocycles. The fraction of sp³-hybridized carbons (Fsp3) is 0.722. The van der Waals surface area contributed by atoms with Crippen molar-refractivity contribution in [3.8, 4) is 0 Å². The van der Waals surface area contributed by atoms with E-state index in [4.69, 9.17) is 9.26 Å². The summed E-state index contributed by atoms with van der Waals surface area (Å²) in [5, 5.41) is 6.47. The molecule has 0 bridgehead atoms. The summed E-state index contributed by atoms with van der Waals surface area (Å²) >= 11 is 0. The van der Waals surface area contributed by atoms with Crippen molar-refractivity contribution in [2.45, 2.75) is 46.1 Å². The molecule has 8 heteroatoms. The van der Waals surface area contributed by atoms with E-state index in [2.05, 4.69) is 15.4 Å². The van der Waals surface area contributed by atoms with Gasteiger partial charge in [0.1, 0.15) is 5.60 Å². The maximum Gasteiger partial charge on any atom is 0.410 e. The van der Waals surface area contributed by atoms with E-state index < -0.39 is 5.60 Å². The molecule has 26 heavy (non-hydrogen) atoms. The molecule has 2 rings (SSSR count). The molecule has 1 saturated heterocycles. The minimum Gasteiger partial charge on any atom is -0.444 e. The van der Waals surface area contributed by atoms with Gasteiger partial charge in [0.25, 0.3) is 0 Å². The van der Waals surface area contributed by atoms with E-state index in [0.29, 0.717) is 24.9 Å². The van der Waals surface area contributed by atoms with Crippen LogP contribution in [0.2, 0.25) is 0 Å². The van der Waals surface area contributed by atoms with Crippen molar-refractivity contribution in [1.29, 1.82) is 0 Å². The van der Waals surface area contributed by atoms with Crippen LogP contribution in [-0.2, 0) is 9.53 Å². The summed E-state index contributed by atoms with van der Waals surface area (Å²) in [4.78, 5) is 28.0. The third kappa shape index (κ3) is 6.67. The zero-order valence-electron chi connectivity index (χ0n) is 16.4. The average molecular weight is 366 g/mol. The quantitative estimate of drug-likeness (QED) is 0.861. The number of anilines is 1. The van der Waals surface area contributed by atoms with E-state index in [9.17, 15) is 9.59 Å². The number of carbonyl (C=O) groups is 2. The number of rotatable bonds is 5. The molecule has 1 aliphatic rings. The van der Waals surface area contributed by atoms with Gasteiger partial charge in [0, 0.05) is 26.2 Å². The Morgan fingerprint density at radius 2 is 2.19 bits per heavy atom. The molecule has 0 aromatic carbocycles. The summed E-state index contributed by atoms with van der Waals surface area (Å²) in [5.41, 5.74) is 0.227. The van der Waals surface area contributed by atoms with Crippen molar-refractivity contribution in [2.24, 2.45) is 5.92 Å². The van der Waals surface area contributed by atoms with E-state index >= 15 is 0 Å². The van der Waals surface area contributed by atoms with Crippen LogP contribution >= 0.6 is 0 Å². The van der Waals surface area contributed by atoms with E-state index in [1.807, 2.05) is 20.8 Å². The number of aryl methyl sites for hydroxylation is 1. The minimum atomic E-state index is -0.499. The molecule has 2 heterocycles. The lowest BCUT2D eigenvalue weighted by atomic mass is 9.97. The first-order valence-electron chi connectivity index (χ1n) is 9.02. The molecule has 2 amide bonds. The Hall–Kier alpha value is -2.09. The Bertz CT molecular complexity index is 623. The van der Waals surface area contributed by atoms with Gasteiger partial charge in [-0.05, 0) is 53.0 Å². The number of likely N-dealkylation sites (tertiary alicyclic amines) is 1. The summed E-state index contributed by atoms with van der Waals surface area (Å²) in [6, 6.07) is 1.69. The second-order valence-corrected chi connectivity index (χ2v) is 7.98. The number of amides is 2. The van der Waals surface area contributed by atoms with Crippen molar-refractivity contribution >= 4 is 17.9 Å². The number of hydrogen-bond donors (Lipinski definition) is 1. The highest BCUT2D eigenvalue weighted by atomic mass is 16.6. The van der Waals surface area contributed by atoms with Gasteiger partial charge in [-0.3, -0.25) is 15.0 Å². The maximum absolute atomic E-state index is 12.2. The lowest BCUT2D eigenvalue weighted by Gasteiger charge is -2.34. The summed E-state index contributed by atoms with van der Waals surface area (Å²) in [7, 11) is 1.76. The predicted octanol–water partition coefficient (Wildman–Crippen LogP) is 2.50. The monoisotopic (exact) mass is 366 g/mol. The maximum atomic E-state index is 12.2. The van der Waals surface area contributed by atoms with Crippen LogP contribution in [0, 0.1) is 12.8 Å². The van der Waals surface area contributed by atoms with Gasteiger partial charge in [-0.1, -0.05) is 5.16 Å². The van der Waals surface area contributed by atoms with Gasteiger partial charge in [-0.25, -0.2) is 4.79 Å². The molecular formula is C18H30N4O4. The summed E-state index contributed by atoms with van der Waals surface area (Å²) in [6.45, 7) is 9.93. The molecule has 1 aliphatic heterocycles. The molecule has 1 atom stereocenters. The van der Waals surface area contributed by atoms with Crippen LogP contribution in [0.3, 0.4) is 0 Å². The van der Waals surface area contributed by atoms with Crippen LogP contribution in [0.15, 0.2) is 10.6 Å². The fourth-order valence-corrected chi connectivity index (χ4v) is 3.05. The molecule has 8 nitrogen and oxygen atoms in total. The molecule has 1 unspecified atom stereocenters. The van der Waals surface area contributed by atoms with Gasteiger partial charge in [0.2, 0.25) is 11.8 Å². The van der Waals surface area contributed by atoms with Gasteiger partial charge in [0.15, 0.2) is 0 Å². The van der Waals surface area contributed by atoms with Crippen molar-refractivity contribution in [3.63, 3.8) is 0 Å². The Balaban J connectivity index is 1.79. The fourth-order valence-electron chi connectivity index (χ4n) is 3.05. The number of hydrogen-bond acceptors (Lipinski definition) is 6. The van der Waals surface area contributed by atoms with Crippen LogP contribution in [0.5, 0.6) is 0 Å². The molecule has 0 spiro atoms. The zero-order valence-corrected chi connectivity index (χ0v) is 16.4. The Kier molecular flexibility index (Phi) is 6.63.